The van der Waals surface area contributed by atoms with Gasteiger partial charge in [0.1, 0.15) is 51.9 Å². The fourth-order valence-corrected chi connectivity index (χ4v) is 6.30. The van der Waals surface area contributed by atoms with Crippen molar-refractivity contribution < 1.29 is 0 Å². The van der Waals surface area contributed by atoms with Crippen molar-refractivity contribution in [2.24, 2.45) is 0 Å². The highest BCUT2D eigenvalue weighted by molar-refractivity contribution is 5.66. The van der Waals surface area contributed by atoms with Crippen LogP contribution in [0.1, 0.15) is 67.5 Å². The Kier molecular flexibility index (Phi) is 6.09. The quantitative estimate of drug-likeness (QED) is 0.154. The number of hydrogen-bond donors (Lipinski definition) is 4. The molecule has 0 aliphatic carbocycles. The molecule has 0 amide bonds. The van der Waals surface area contributed by atoms with Crippen LogP contribution in [0.25, 0.3) is 11.4 Å². The van der Waals surface area contributed by atoms with Gasteiger partial charge in [-0.3, -0.25) is 0 Å². The summed E-state index contributed by atoms with van der Waals surface area (Å²) in [6.45, 7) is 6.39. The third kappa shape index (κ3) is 4.52. The molecule has 8 rings (SSSR count). The molecule has 0 radical (unpaired) electrons. The molecule has 1 aliphatic heterocycles. The zero-order chi connectivity index (χ0) is 29.8. The van der Waals surface area contributed by atoms with Crippen LogP contribution in [0.5, 0.6) is 0 Å². The average molecular weight is 570 g/mol. The number of aromatic nitrogens is 4. The lowest BCUT2D eigenvalue weighted by Crippen LogP contribution is -2.10. The lowest BCUT2D eigenvalue weighted by molar-refractivity contribution is 1.03. The molecule has 4 aromatic heterocycles. The molecule has 0 saturated carbocycles. The maximum atomic E-state index is 3.83. The van der Waals surface area contributed by atoms with Gasteiger partial charge < -0.3 is 19.9 Å². The summed E-state index contributed by atoms with van der Waals surface area (Å²) in [5.41, 5.74) is 15.6. The minimum absolute atomic E-state index is 1.04. The van der Waals surface area contributed by atoms with E-state index in [1.807, 2.05) is 0 Å². The van der Waals surface area contributed by atoms with Crippen LogP contribution in [0.2, 0.25) is 0 Å². The predicted molar refractivity (Wildman–Crippen MR) is 177 cm³/mol. The first-order chi connectivity index (χ1) is 21.5. The van der Waals surface area contributed by atoms with Crippen LogP contribution in [-0.2, 0) is 0 Å². The third-order valence-corrected chi connectivity index (χ3v) is 8.67. The molecule has 5 heterocycles. The normalized spacial score (nSPS) is 12.8. The lowest BCUT2D eigenvalue weighted by Gasteiger charge is -2.12. The number of H-pyrrole nitrogens is 4. The molecule has 210 valence electrons. The SMILES string of the molecule is Cc1ccc([C+]2c3ccc([nH]3)-c3ccc([nH]3)[C+](c3ccc(C)cc3)c3ccc([nH]3)[C+](c3ccc(C)cc3)c3ccc2[nH]3)cc1. The molecule has 0 saturated heterocycles. The van der Waals surface area contributed by atoms with Crippen LogP contribution in [0.3, 0.4) is 0 Å². The Hall–Kier alpha value is -5.61. The zero-order valence-corrected chi connectivity index (χ0v) is 25.0. The number of benzene rings is 3. The van der Waals surface area contributed by atoms with Crippen molar-refractivity contribution in [3.8, 4) is 11.4 Å². The minimum Gasteiger partial charge on any atom is -0.340 e. The third-order valence-electron chi connectivity index (χ3n) is 8.67. The first-order valence-electron chi connectivity index (χ1n) is 15.1. The van der Waals surface area contributed by atoms with Crippen molar-refractivity contribution in [2.45, 2.75) is 20.8 Å². The van der Waals surface area contributed by atoms with Gasteiger partial charge in [-0.2, -0.15) is 0 Å². The maximum absolute atomic E-state index is 3.83. The van der Waals surface area contributed by atoms with Crippen molar-refractivity contribution in [2.75, 3.05) is 0 Å². The minimum atomic E-state index is 1.04. The lowest BCUT2D eigenvalue weighted by atomic mass is 9.92. The Morgan fingerprint density at radius 2 is 0.545 bits per heavy atom. The van der Waals surface area contributed by atoms with Crippen LogP contribution in [0.4, 0.5) is 0 Å². The summed E-state index contributed by atoms with van der Waals surface area (Å²) in [5, 5.41) is 0. The molecule has 1 aliphatic rings. The summed E-state index contributed by atoms with van der Waals surface area (Å²) in [6.07, 6.45) is 0. The van der Waals surface area contributed by atoms with E-state index in [0.717, 1.165) is 80.0 Å². The van der Waals surface area contributed by atoms with Crippen molar-refractivity contribution in [1.82, 2.24) is 19.9 Å². The Bertz CT molecular complexity index is 1920. The van der Waals surface area contributed by atoms with E-state index in [1.54, 1.807) is 0 Å². The van der Waals surface area contributed by atoms with Crippen molar-refractivity contribution in [3.05, 3.63) is 207 Å². The highest BCUT2D eigenvalue weighted by Gasteiger charge is 2.35. The van der Waals surface area contributed by atoms with Gasteiger partial charge in [0.15, 0.2) is 0 Å². The molecular formula is C40H33N4+3. The van der Waals surface area contributed by atoms with Gasteiger partial charge in [0.05, 0.1) is 52.3 Å². The summed E-state index contributed by atoms with van der Waals surface area (Å²) in [4.78, 5) is 15.1. The smallest absolute Gasteiger partial charge is 0.126 e. The number of hydrogen-bond acceptors (Lipinski definition) is 0. The van der Waals surface area contributed by atoms with Gasteiger partial charge in [-0.25, -0.2) is 0 Å². The van der Waals surface area contributed by atoms with Crippen LogP contribution in [0, 0.1) is 38.5 Å². The number of nitrogens with one attached hydrogen (secondary N) is 4. The summed E-state index contributed by atoms with van der Waals surface area (Å²) in [7, 11) is 0. The first-order valence-corrected chi connectivity index (χ1v) is 15.1. The molecule has 0 spiro atoms. The Labute approximate surface area is 258 Å². The summed E-state index contributed by atoms with van der Waals surface area (Å²) < 4.78 is 0. The molecule has 44 heavy (non-hydrogen) atoms. The molecule has 0 unspecified atom stereocenters. The van der Waals surface area contributed by atoms with Crippen LogP contribution >= 0.6 is 0 Å². The molecule has 8 bridgehead atoms. The van der Waals surface area contributed by atoms with Crippen LogP contribution in [0.15, 0.2) is 121 Å². The van der Waals surface area contributed by atoms with E-state index in [1.165, 1.54) is 16.7 Å². The van der Waals surface area contributed by atoms with Crippen molar-refractivity contribution in [1.29, 1.82) is 0 Å². The number of aryl methyl sites for hydroxylation is 3. The van der Waals surface area contributed by atoms with Gasteiger partial charge in [0, 0.05) is 48.5 Å². The largest absolute Gasteiger partial charge is 0.340 e. The molecule has 7 aromatic rings. The van der Waals surface area contributed by atoms with E-state index in [9.17, 15) is 0 Å². The number of aromatic amines is 4. The molecule has 4 nitrogen and oxygen atoms in total. The monoisotopic (exact) mass is 569 g/mol. The van der Waals surface area contributed by atoms with Crippen molar-refractivity contribution in [3.63, 3.8) is 0 Å². The van der Waals surface area contributed by atoms with E-state index in [0.29, 0.717) is 0 Å². The van der Waals surface area contributed by atoms with Crippen molar-refractivity contribution >= 4 is 0 Å². The number of fused-ring (bicyclic) bond motifs is 9. The van der Waals surface area contributed by atoms with E-state index < -0.39 is 0 Å². The molecule has 0 atom stereocenters. The van der Waals surface area contributed by atoms with Gasteiger partial charge in [0.25, 0.3) is 0 Å². The molecule has 4 heteroatoms. The predicted octanol–water partition coefficient (Wildman–Crippen LogP) is 8.96. The maximum Gasteiger partial charge on any atom is 0.126 e. The second-order valence-corrected chi connectivity index (χ2v) is 11.9. The highest BCUT2D eigenvalue weighted by Crippen LogP contribution is 2.38. The van der Waals surface area contributed by atoms with Gasteiger partial charge in [-0.1, -0.05) is 0 Å². The summed E-state index contributed by atoms with van der Waals surface area (Å²) in [5.74, 6) is 3.39. The van der Waals surface area contributed by atoms with Gasteiger partial charge >= 0.3 is 0 Å². The topological polar surface area (TPSA) is 63.2 Å². The van der Waals surface area contributed by atoms with E-state index in [2.05, 4.69) is 162 Å². The first kappa shape index (κ1) is 26.1. The fraction of sp³-hybridized carbons (Fsp3) is 0.0750. The zero-order valence-electron chi connectivity index (χ0n) is 25.0. The standard InChI is InChI=1S/C40H33N4/c1-24-4-10-27(11-5-24)38-32-18-16-30(41-32)31-17-19-33(42-31)39(28-12-6-25(2)7-13-28)35-21-23-37(44-35)40(36-22-20-34(38)43-36)29-14-8-26(3)9-15-29/h4-23,41-44H,1-3H3/q+3. The highest BCUT2D eigenvalue weighted by atomic mass is 14.9. The second kappa shape index (κ2) is 10.3. The van der Waals surface area contributed by atoms with E-state index in [4.69, 9.17) is 0 Å². The summed E-state index contributed by atoms with van der Waals surface area (Å²) >= 11 is 0. The summed E-state index contributed by atoms with van der Waals surface area (Å²) in [6, 6.07) is 43.8. The van der Waals surface area contributed by atoms with Gasteiger partial charge in [-0.05, 0) is 86.0 Å². The van der Waals surface area contributed by atoms with E-state index >= 15 is 0 Å². The fourth-order valence-electron chi connectivity index (χ4n) is 6.30. The molecule has 3 aromatic carbocycles. The molecule has 4 N–H and O–H groups in total. The number of rotatable bonds is 3. The Morgan fingerprint density at radius 1 is 0.295 bits per heavy atom. The van der Waals surface area contributed by atoms with Gasteiger partial charge in [-0.15, -0.1) is 0 Å². The van der Waals surface area contributed by atoms with E-state index in [-0.39, 0.29) is 0 Å². The Morgan fingerprint density at radius 3 is 0.841 bits per heavy atom. The Balaban J connectivity index is 1.37. The molecule has 0 fully saturated rings. The molecular weight excluding hydrogens is 536 g/mol. The van der Waals surface area contributed by atoms with Gasteiger partial charge in [0.2, 0.25) is 0 Å². The average Bonchev–Trinajstić information content (AvgIpc) is 3.85. The second-order valence-electron chi connectivity index (χ2n) is 11.9. The van der Waals surface area contributed by atoms with Crippen LogP contribution in [-0.4, -0.2) is 19.9 Å². The van der Waals surface area contributed by atoms with Crippen LogP contribution < -0.4 is 0 Å².